The molecule has 2 heterocycles. The average molecular weight is 907 g/mol. The number of benzene rings is 5. The minimum absolute atomic E-state index is 0.297. The van der Waals surface area contributed by atoms with Crippen molar-refractivity contribution in [1.82, 2.24) is 29.9 Å². The van der Waals surface area contributed by atoms with E-state index in [-0.39, 0.29) is 0 Å². The highest BCUT2D eigenvalue weighted by Crippen LogP contribution is 2.23. The molecular formula is C52H42N8O8. The van der Waals surface area contributed by atoms with Crippen molar-refractivity contribution in [2.75, 3.05) is 10.6 Å². The van der Waals surface area contributed by atoms with Gasteiger partial charge in [0, 0.05) is 61.4 Å². The van der Waals surface area contributed by atoms with Gasteiger partial charge in [0.1, 0.15) is 46.3 Å². The molecule has 0 amide bonds. The number of aromatic nitrogens is 6. The monoisotopic (exact) mass is 906 g/mol. The lowest BCUT2D eigenvalue weighted by Gasteiger charge is -2.12. The van der Waals surface area contributed by atoms with E-state index in [0.717, 1.165) is 46.6 Å². The molecule has 68 heavy (non-hydrogen) atoms. The Hall–Kier alpha value is -9.44. The summed E-state index contributed by atoms with van der Waals surface area (Å²) in [6.07, 6.45) is 5.73. The smallest absolute Gasteiger partial charge is 0.335 e. The van der Waals surface area contributed by atoms with Gasteiger partial charge < -0.3 is 29.6 Å². The third kappa shape index (κ3) is 13.8. The number of carbonyl (C=O) groups excluding carboxylic acids is 4. The van der Waals surface area contributed by atoms with Crippen LogP contribution in [0.3, 0.4) is 0 Å². The summed E-state index contributed by atoms with van der Waals surface area (Å²) in [7, 11) is 0. The molecular weight excluding hydrogens is 865 g/mol. The summed E-state index contributed by atoms with van der Waals surface area (Å²) in [6, 6.07) is 35.4. The van der Waals surface area contributed by atoms with Crippen LogP contribution in [-0.4, -0.2) is 53.8 Å². The lowest BCUT2D eigenvalue weighted by Crippen LogP contribution is -2.10. The van der Waals surface area contributed by atoms with Gasteiger partial charge in [0.05, 0.1) is 0 Å². The summed E-state index contributed by atoms with van der Waals surface area (Å²) in [4.78, 5) is 75.5. The van der Waals surface area contributed by atoms with Crippen molar-refractivity contribution < 1.29 is 38.1 Å². The first-order chi connectivity index (χ1) is 33.0. The van der Waals surface area contributed by atoms with Crippen molar-refractivity contribution in [2.45, 2.75) is 25.7 Å². The topological polar surface area (TPSA) is 207 Å². The standard InChI is InChI=1S/C52H42N8O8/c1-5-47(61)65-39-20-12-33(13-21-39)29-43-55-45(59-51(57-43)53-37-16-24-41(25-17-37)67-49(63)7-3)31-35-10-9-11-36(28-35)32-46-56-44(30-34-14-22-40(23-15-34)66-48(62)6-2)58-52(60-46)54-38-18-26-42(27-19-38)68-50(64)8-4/h5-28H,1-4,29-32H2,(H,53,55,57,59)(H,54,56,58,60). The van der Waals surface area contributed by atoms with Gasteiger partial charge in [0.25, 0.3) is 0 Å². The van der Waals surface area contributed by atoms with E-state index in [2.05, 4.69) is 36.9 Å². The van der Waals surface area contributed by atoms with Crippen molar-refractivity contribution in [3.8, 4) is 23.0 Å². The van der Waals surface area contributed by atoms with E-state index in [1.165, 1.54) is 0 Å². The van der Waals surface area contributed by atoms with Crippen LogP contribution in [-0.2, 0) is 44.9 Å². The second kappa shape index (κ2) is 22.5. The maximum Gasteiger partial charge on any atom is 0.335 e. The maximum atomic E-state index is 11.7. The maximum absolute atomic E-state index is 11.7. The molecule has 0 saturated carbocycles. The zero-order chi connectivity index (χ0) is 47.8. The number of rotatable bonds is 20. The van der Waals surface area contributed by atoms with Gasteiger partial charge in [-0.2, -0.15) is 19.9 Å². The Labute approximate surface area is 390 Å². The molecule has 0 aliphatic carbocycles. The predicted octanol–water partition coefficient (Wildman–Crippen LogP) is 8.27. The van der Waals surface area contributed by atoms with E-state index in [9.17, 15) is 19.2 Å². The molecule has 0 fully saturated rings. The normalized spacial score (nSPS) is 10.5. The minimum atomic E-state index is -0.572. The largest absolute Gasteiger partial charge is 0.423 e. The molecule has 0 bridgehead atoms. The number of nitrogens with zero attached hydrogens (tertiary/aromatic N) is 6. The van der Waals surface area contributed by atoms with Crippen LogP contribution < -0.4 is 29.6 Å². The van der Waals surface area contributed by atoms with E-state index < -0.39 is 23.9 Å². The van der Waals surface area contributed by atoms with Crippen LogP contribution in [0.2, 0.25) is 0 Å². The Kier molecular flexibility index (Phi) is 15.4. The Morgan fingerprint density at radius 3 is 0.956 bits per heavy atom. The van der Waals surface area contributed by atoms with Crippen molar-refractivity contribution in [3.05, 3.63) is 217 Å². The van der Waals surface area contributed by atoms with Gasteiger partial charge in [-0.1, -0.05) is 74.8 Å². The SMILES string of the molecule is C=CC(=O)Oc1ccc(Cc2nc(Cc3cccc(Cc4nc(Cc5ccc(OC(=O)C=C)cc5)nc(Nc5ccc(OC(=O)C=C)cc5)n4)c3)nc(Nc3ccc(OC(=O)C=C)cc3)n2)cc1. The van der Waals surface area contributed by atoms with Crippen molar-refractivity contribution in [3.63, 3.8) is 0 Å². The van der Waals surface area contributed by atoms with Crippen LogP contribution in [0.4, 0.5) is 23.3 Å². The Bertz CT molecular complexity index is 2620. The minimum Gasteiger partial charge on any atom is -0.423 e. The number of hydrogen-bond acceptors (Lipinski definition) is 16. The third-order valence-electron chi connectivity index (χ3n) is 9.50. The number of anilines is 4. The summed E-state index contributed by atoms with van der Waals surface area (Å²) in [5.74, 6) is 1.73. The first-order valence-corrected chi connectivity index (χ1v) is 20.9. The van der Waals surface area contributed by atoms with Crippen molar-refractivity contribution in [1.29, 1.82) is 0 Å². The van der Waals surface area contributed by atoms with Gasteiger partial charge in [0.15, 0.2) is 0 Å². The molecule has 16 nitrogen and oxygen atoms in total. The molecule has 0 aliphatic heterocycles. The van der Waals surface area contributed by atoms with Gasteiger partial charge in [0.2, 0.25) is 11.9 Å². The molecule has 2 aromatic heterocycles. The second-order valence-electron chi connectivity index (χ2n) is 14.6. The van der Waals surface area contributed by atoms with Gasteiger partial charge in [-0.15, -0.1) is 0 Å². The highest BCUT2D eigenvalue weighted by molar-refractivity contribution is 5.84. The second-order valence-corrected chi connectivity index (χ2v) is 14.6. The van der Waals surface area contributed by atoms with Crippen molar-refractivity contribution in [2.24, 2.45) is 0 Å². The Balaban J connectivity index is 1.14. The predicted molar refractivity (Wildman–Crippen MR) is 253 cm³/mol. The summed E-state index contributed by atoms with van der Waals surface area (Å²) in [5, 5.41) is 6.48. The first kappa shape index (κ1) is 46.5. The van der Waals surface area contributed by atoms with Gasteiger partial charge >= 0.3 is 23.9 Å². The van der Waals surface area contributed by atoms with E-state index >= 15 is 0 Å². The molecule has 5 aromatic carbocycles. The van der Waals surface area contributed by atoms with E-state index in [1.807, 2.05) is 48.5 Å². The van der Waals surface area contributed by atoms with Crippen LogP contribution in [0, 0.1) is 0 Å². The lowest BCUT2D eigenvalue weighted by molar-refractivity contribution is -0.129. The van der Waals surface area contributed by atoms with Crippen molar-refractivity contribution >= 4 is 47.1 Å². The number of nitrogens with one attached hydrogen (secondary N) is 2. The number of carbonyl (C=O) groups is 4. The van der Waals surface area contributed by atoms with E-state index in [1.54, 1.807) is 72.8 Å². The fourth-order valence-electron chi connectivity index (χ4n) is 6.40. The average Bonchev–Trinajstić information content (AvgIpc) is 3.33. The molecule has 0 aliphatic rings. The first-order valence-electron chi connectivity index (χ1n) is 20.9. The highest BCUT2D eigenvalue weighted by Gasteiger charge is 2.14. The number of esters is 4. The van der Waals surface area contributed by atoms with Gasteiger partial charge in [-0.25, -0.2) is 29.1 Å². The van der Waals surface area contributed by atoms with Crippen LogP contribution in [0.1, 0.15) is 45.6 Å². The summed E-state index contributed by atoms with van der Waals surface area (Å²) in [5.41, 5.74) is 4.84. The van der Waals surface area contributed by atoms with E-state index in [0.29, 0.717) is 95.3 Å². The fraction of sp³-hybridized carbons (Fsp3) is 0.0769. The van der Waals surface area contributed by atoms with Crippen LogP contribution in [0.5, 0.6) is 23.0 Å². The lowest BCUT2D eigenvalue weighted by atomic mass is 10.1. The fourth-order valence-corrected chi connectivity index (χ4v) is 6.40. The summed E-state index contributed by atoms with van der Waals surface area (Å²) < 4.78 is 20.9. The molecule has 0 radical (unpaired) electrons. The van der Waals surface area contributed by atoms with Gasteiger partial charge in [-0.3, -0.25) is 0 Å². The van der Waals surface area contributed by atoms with Gasteiger partial charge in [-0.05, 0) is 95.1 Å². The number of ether oxygens (including phenoxy) is 4. The molecule has 16 heteroatoms. The molecule has 0 unspecified atom stereocenters. The zero-order valence-electron chi connectivity index (χ0n) is 36.5. The Morgan fingerprint density at radius 2 is 0.662 bits per heavy atom. The molecule has 0 saturated heterocycles. The number of hydrogen-bond donors (Lipinski definition) is 2. The Morgan fingerprint density at radius 1 is 0.382 bits per heavy atom. The summed E-state index contributed by atoms with van der Waals surface area (Å²) >= 11 is 0. The zero-order valence-corrected chi connectivity index (χ0v) is 36.5. The molecule has 0 atom stereocenters. The highest BCUT2D eigenvalue weighted by atomic mass is 16.5. The molecule has 0 spiro atoms. The van der Waals surface area contributed by atoms with Crippen LogP contribution in [0.15, 0.2) is 172 Å². The quantitative estimate of drug-likeness (QED) is 0.0419. The molecule has 2 N–H and O–H groups in total. The van der Waals surface area contributed by atoms with Crippen LogP contribution in [0.25, 0.3) is 0 Å². The molecule has 7 rings (SSSR count). The summed E-state index contributed by atoms with van der Waals surface area (Å²) in [6.45, 7) is 13.7. The van der Waals surface area contributed by atoms with E-state index in [4.69, 9.17) is 48.9 Å². The van der Waals surface area contributed by atoms with Crippen LogP contribution >= 0.6 is 0 Å². The molecule has 338 valence electrons. The third-order valence-corrected chi connectivity index (χ3v) is 9.50. The molecule has 7 aromatic rings.